The maximum absolute atomic E-state index is 12.7. The first-order chi connectivity index (χ1) is 12.0. The summed E-state index contributed by atoms with van der Waals surface area (Å²) in [5, 5.41) is 15.0. The molecular formula is C17H10Br2N4O2. The molecule has 6 nitrogen and oxygen atoms in total. The third kappa shape index (κ3) is 2.77. The van der Waals surface area contributed by atoms with Crippen LogP contribution in [0.3, 0.4) is 0 Å². The van der Waals surface area contributed by atoms with E-state index in [-0.39, 0.29) is 11.3 Å². The van der Waals surface area contributed by atoms with Crippen LogP contribution >= 0.6 is 31.9 Å². The van der Waals surface area contributed by atoms with Crippen molar-refractivity contribution in [3.8, 4) is 5.75 Å². The van der Waals surface area contributed by atoms with Gasteiger partial charge in [0.05, 0.1) is 10.7 Å². The lowest BCUT2D eigenvalue weighted by Crippen LogP contribution is -2.17. The predicted octanol–water partition coefficient (Wildman–Crippen LogP) is 3.99. The summed E-state index contributed by atoms with van der Waals surface area (Å²) in [6.45, 7) is 0. The third-order valence-corrected chi connectivity index (χ3v) is 4.92. The van der Waals surface area contributed by atoms with Gasteiger partial charge < -0.3 is 10.1 Å². The van der Waals surface area contributed by atoms with E-state index < -0.39 is 0 Å². The van der Waals surface area contributed by atoms with Gasteiger partial charge in [-0.25, -0.2) is 4.98 Å². The number of para-hydroxylation sites is 1. The Morgan fingerprint density at radius 2 is 2.08 bits per heavy atom. The molecule has 0 aliphatic heterocycles. The number of aromatic hydroxyl groups is 1. The fraction of sp³-hybridized carbons (Fsp3) is 0. The lowest BCUT2D eigenvalue weighted by molar-refractivity contribution is 0.471. The number of H-pyrrole nitrogens is 1. The van der Waals surface area contributed by atoms with Gasteiger partial charge in [-0.15, -0.1) is 0 Å². The molecule has 0 aliphatic rings. The Morgan fingerprint density at radius 3 is 2.92 bits per heavy atom. The molecule has 0 saturated heterocycles. The topological polar surface area (TPSA) is 83.3 Å². The molecule has 0 aliphatic carbocycles. The molecular weight excluding hydrogens is 452 g/mol. The van der Waals surface area contributed by atoms with Crippen molar-refractivity contribution in [2.24, 2.45) is 5.10 Å². The van der Waals surface area contributed by atoms with Gasteiger partial charge in [0.1, 0.15) is 23.1 Å². The van der Waals surface area contributed by atoms with Gasteiger partial charge in [0, 0.05) is 20.9 Å². The van der Waals surface area contributed by atoms with Crippen molar-refractivity contribution < 1.29 is 5.11 Å². The van der Waals surface area contributed by atoms with Crippen LogP contribution in [-0.4, -0.2) is 26.0 Å². The zero-order valence-corrected chi connectivity index (χ0v) is 15.7. The Labute approximate surface area is 158 Å². The number of fused-ring (bicyclic) bond motifs is 3. The minimum atomic E-state index is -0.317. The number of phenolic OH excluding ortho intramolecular Hbond substituents is 1. The minimum absolute atomic E-state index is 0.0591. The highest BCUT2D eigenvalue weighted by molar-refractivity contribution is 9.10. The zero-order valence-electron chi connectivity index (χ0n) is 12.6. The lowest BCUT2D eigenvalue weighted by atomic mass is 10.2. The Kier molecular flexibility index (Phi) is 3.93. The molecule has 0 radical (unpaired) electrons. The molecule has 4 aromatic rings. The first-order valence-corrected chi connectivity index (χ1v) is 8.83. The van der Waals surface area contributed by atoms with Gasteiger partial charge in [-0.05, 0) is 46.3 Å². The van der Waals surface area contributed by atoms with E-state index in [1.165, 1.54) is 12.5 Å². The molecule has 25 heavy (non-hydrogen) atoms. The predicted molar refractivity (Wildman–Crippen MR) is 104 cm³/mol. The molecule has 0 spiro atoms. The van der Waals surface area contributed by atoms with Crippen molar-refractivity contribution in [3.05, 3.63) is 67.6 Å². The zero-order chi connectivity index (χ0) is 17.6. The molecule has 124 valence electrons. The Bertz CT molecular complexity index is 1210. The molecule has 4 rings (SSSR count). The van der Waals surface area contributed by atoms with Gasteiger partial charge in [0.15, 0.2) is 0 Å². The maximum Gasteiger partial charge on any atom is 0.298 e. The largest absolute Gasteiger partial charge is 0.506 e. The highest BCUT2D eigenvalue weighted by Crippen LogP contribution is 2.26. The van der Waals surface area contributed by atoms with Crippen LogP contribution in [0.15, 0.2) is 61.6 Å². The summed E-state index contributed by atoms with van der Waals surface area (Å²) in [5.74, 6) is 0.0591. The molecule has 2 heterocycles. The van der Waals surface area contributed by atoms with Gasteiger partial charge >= 0.3 is 0 Å². The quantitative estimate of drug-likeness (QED) is 0.442. The van der Waals surface area contributed by atoms with Crippen LogP contribution in [0.4, 0.5) is 0 Å². The highest BCUT2D eigenvalue weighted by atomic mass is 79.9. The normalized spacial score (nSPS) is 11.8. The number of hydrogen-bond donors (Lipinski definition) is 2. The summed E-state index contributed by atoms with van der Waals surface area (Å²) in [4.78, 5) is 20.1. The first kappa shape index (κ1) is 16.0. The van der Waals surface area contributed by atoms with Crippen LogP contribution in [-0.2, 0) is 0 Å². The average molecular weight is 462 g/mol. The van der Waals surface area contributed by atoms with Crippen LogP contribution in [0.5, 0.6) is 5.75 Å². The average Bonchev–Trinajstić information content (AvgIpc) is 2.96. The van der Waals surface area contributed by atoms with Crippen molar-refractivity contribution in [1.82, 2.24) is 14.6 Å². The van der Waals surface area contributed by atoms with Crippen molar-refractivity contribution in [2.45, 2.75) is 0 Å². The Balaban J connectivity index is 1.85. The van der Waals surface area contributed by atoms with Crippen LogP contribution in [0, 0.1) is 0 Å². The van der Waals surface area contributed by atoms with Crippen LogP contribution in [0.25, 0.3) is 21.9 Å². The summed E-state index contributed by atoms with van der Waals surface area (Å²) >= 11 is 6.67. The Morgan fingerprint density at radius 1 is 1.24 bits per heavy atom. The summed E-state index contributed by atoms with van der Waals surface area (Å²) in [6, 6.07) is 10.9. The van der Waals surface area contributed by atoms with E-state index in [4.69, 9.17) is 0 Å². The fourth-order valence-corrected chi connectivity index (χ4v) is 3.30. The maximum atomic E-state index is 12.7. The number of halogens is 2. The number of aromatic nitrogens is 3. The van der Waals surface area contributed by atoms with Crippen molar-refractivity contribution >= 4 is 60.0 Å². The standard InChI is InChI=1S/C17H10Br2N4O2/c18-10-4-5-13-11(6-10)14-15(22-13)17(25)23(8-20-14)21-7-9-2-1-3-12(19)16(9)24/h1-8,22,24H/b21-7-. The van der Waals surface area contributed by atoms with Crippen LogP contribution < -0.4 is 5.56 Å². The summed E-state index contributed by atoms with van der Waals surface area (Å²) in [5.41, 5.74) is 1.98. The van der Waals surface area contributed by atoms with Crippen LogP contribution in [0.2, 0.25) is 0 Å². The summed E-state index contributed by atoms with van der Waals surface area (Å²) in [6.07, 6.45) is 2.78. The van der Waals surface area contributed by atoms with Crippen molar-refractivity contribution in [2.75, 3.05) is 0 Å². The van der Waals surface area contributed by atoms with E-state index in [2.05, 4.69) is 46.9 Å². The molecule has 2 aromatic heterocycles. The lowest BCUT2D eigenvalue weighted by Gasteiger charge is -2.01. The second-order valence-corrected chi connectivity index (χ2v) is 7.13. The number of phenols is 1. The smallest absolute Gasteiger partial charge is 0.298 e. The fourth-order valence-electron chi connectivity index (χ4n) is 2.56. The van der Waals surface area contributed by atoms with Crippen molar-refractivity contribution in [3.63, 3.8) is 0 Å². The molecule has 0 fully saturated rings. The van der Waals surface area contributed by atoms with E-state index in [1.807, 2.05) is 18.2 Å². The van der Waals surface area contributed by atoms with Gasteiger partial charge in [0.2, 0.25) is 0 Å². The van der Waals surface area contributed by atoms with E-state index in [9.17, 15) is 9.90 Å². The van der Waals surface area contributed by atoms with E-state index in [0.717, 1.165) is 20.1 Å². The number of aromatic amines is 1. The van der Waals surface area contributed by atoms with E-state index >= 15 is 0 Å². The number of nitrogens with one attached hydrogen (secondary N) is 1. The molecule has 8 heteroatoms. The van der Waals surface area contributed by atoms with E-state index in [0.29, 0.717) is 21.1 Å². The van der Waals surface area contributed by atoms with Crippen LogP contribution in [0.1, 0.15) is 5.56 Å². The van der Waals surface area contributed by atoms with Gasteiger partial charge in [-0.3, -0.25) is 4.79 Å². The summed E-state index contributed by atoms with van der Waals surface area (Å²) < 4.78 is 2.60. The molecule has 0 unspecified atom stereocenters. The minimum Gasteiger partial charge on any atom is -0.506 e. The molecule has 2 N–H and O–H groups in total. The summed E-state index contributed by atoms with van der Waals surface area (Å²) in [7, 11) is 0. The second-order valence-electron chi connectivity index (χ2n) is 5.36. The molecule has 0 bridgehead atoms. The molecule has 0 atom stereocenters. The molecule has 2 aromatic carbocycles. The van der Waals surface area contributed by atoms with E-state index in [1.54, 1.807) is 18.2 Å². The highest BCUT2D eigenvalue weighted by Gasteiger charge is 2.11. The van der Waals surface area contributed by atoms with Gasteiger partial charge in [0.25, 0.3) is 5.56 Å². The Hall–Kier alpha value is -2.45. The number of rotatable bonds is 2. The monoisotopic (exact) mass is 460 g/mol. The number of hydrogen-bond acceptors (Lipinski definition) is 4. The van der Waals surface area contributed by atoms with Gasteiger partial charge in [-0.1, -0.05) is 22.0 Å². The number of benzene rings is 2. The molecule has 0 amide bonds. The first-order valence-electron chi connectivity index (χ1n) is 7.25. The third-order valence-electron chi connectivity index (χ3n) is 3.79. The molecule has 0 saturated carbocycles. The number of nitrogens with zero attached hydrogens (tertiary/aromatic N) is 3. The second kappa shape index (κ2) is 6.12. The SMILES string of the molecule is O=c1c2[nH]c3ccc(Br)cc3c2ncn1/N=C\c1cccc(Br)c1O. The van der Waals surface area contributed by atoms with Crippen molar-refractivity contribution in [1.29, 1.82) is 0 Å². The van der Waals surface area contributed by atoms with Gasteiger partial charge in [-0.2, -0.15) is 9.78 Å².